The molecule has 0 radical (unpaired) electrons. The first-order chi connectivity index (χ1) is 12.9. The molecule has 138 valence electrons. The molecule has 1 aliphatic heterocycles. The van der Waals surface area contributed by atoms with Crippen molar-refractivity contribution in [3.63, 3.8) is 0 Å². The summed E-state index contributed by atoms with van der Waals surface area (Å²) in [5.41, 5.74) is 7.66. The summed E-state index contributed by atoms with van der Waals surface area (Å²) in [6.07, 6.45) is 0.526. The monoisotopic (exact) mass is 387 g/mol. The van der Waals surface area contributed by atoms with Crippen molar-refractivity contribution in [3.05, 3.63) is 46.7 Å². The molecule has 2 heterocycles. The molecule has 3 aromatic rings. The maximum absolute atomic E-state index is 14.7. The molecule has 0 aliphatic carbocycles. The minimum absolute atomic E-state index is 0.148. The fourth-order valence-electron chi connectivity index (χ4n) is 3.15. The minimum atomic E-state index is -0.676. The van der Waals surface area contributed by atoms with E-state index in [0.29, 0.717) is 29.7 Å². The van der Waals surface area contributed by atoms with Gasteiger partial charge in [0, 0.05) is 5.02 Å². The van der Waals surface area contributed by atoms with Gasteiger partial charge in [0.05, 0.1) is 12.6 Å². The molecule has 2 N–H and O–H groups in total. The summed E-state index contributed by atoms with van der Waals surface area (Å²) in [6.45, 7) is 0. The van der Waals surface area contributed by atoms with Crippen LogP contribution in [0.25, 0.3) is 22.5 Å². The Kier molecular flexibility index (Phi) is 4.27. The Morgan fingerprint density at radius 2 is 2.19 bits per heavy atom. The summed E-state index contributed by atoms with van der Waals surface area (Å²) < 4.78 is 20.4. The van der Waals surface area contributed by atoms with Crippen molar-refractivity contribution in [2.45, 2.75) is 18.9 Å². The first-order valence-electron chi connectivity index (χ1n) is 8.25. The van der Waals surface area contributed by atoms with Gasteiger partial charge in [-0.15, -0.1) is 10.2 Å². The lowest BCUT2D eigenvalue weighted by atomic mass is 9.94. The molecular weight excluding hydrogens is 373 g/mol. The fraction of sp³-hybridized carbons (Fsp3) is 0.222. The molecule has 1 amide bonds. The molecule has 2 aromatic carbocycles. The molecule has 0 spiro atoms. The van der Waals surface area contributed by atoms with Gasteiger partial charge in [-0.1, -0.05) is 23.7 Å². The third kappa shape index (κ3) is 3.23. The Bertz CT molecular complexity index is 1050. The van der Waals surface area contributed by atoms with Gasteiger partial charge in [0.2, 0.25) is 5.82 Å². The molecule has 0 fully saturated rings. The van der Waals surface area contributed by atoms with Gasteiger partial charge >= 0.3 is 0 Å². The average molecular weight is 388 g/mol. The number of amides is 1. The summed E-state index contributed by atoms with van der Waals surface area (Å²) in [7, 11) is 1.60. The number of halogens is 2. The molecule has 1 atom stereocenters. The molecule has 0 saturated carbocycles. The van der Waals surface area contributed by atoms with Crippen LogP contribution in [0.2, 0.25) is 5.02 Å². The van der Waals surface area contributed by atoms with Crippen molar-refractivity contribution in [1.82, 2.24) is 20.2 Å². The lowest BCUT2D eigenvalue weighted by molar-refractivity contribution is -0.125. The van der Waals surface area contributed by atoms with Crippen LogP contribution < -0.4 is 10.5 Å². The van der Waals surface area contributed by atoms with Crippen molar-refractivity contribution in [1.29, 1.82) is 0 Å². The second-order valence-corrected chi connectivity index (χ2v) is 6.72. The average Bonchev–Trinajstić information content (AvgIpc) is 3.05. The van der Waals surface area contributed by atoms with Crippen LogP contribution in [-0.2, 0) is 18.3 Å². The number of tetrazole rings is 1. The van der Waals surface area contributed by atoms with Crippen LogP contribution in [0.4, 0.5) is 4.39 Å². The van der Waals surface area contributed by atoms with Crippen LogP contribution in [0.5, 0.6) is 5.75 Å². The van der Waals surface area contributed by atoms with E-state index in [0.717, 1.165) is 5.56 Å². The molecular formula is C18H15ClFN5O2. The van der Waals surface area contributed by atoms with Crippen LogP contribution in [0, 0.1) is 5.82 Å². The molecule has 0 bridgehead atoms. The number of aryl methyl sites for hydroxylation is 2. The van der Waals surface area contributed by atoms with E-state index in [-0.39, 0.29) is 16.4 Å². The number of rotatable bonds is 3. The number of nitrogens with zero attached hydrogens (tertiary/aromatic N) is 4. The number of carbonyl (C=O) groups excluding carboxylic acids is 1. The standard InChI is InChI=1S/C18H15ClFN5O2/c1-25-23-18(22-24-25)16-12(7-11(19)8-13(16)20)10-3-2-9-4-5-14(17(21)26)27-15(9)6-10/h2-3,6-8,14H,4-5H2,1H3,(H2,21,26). The first kappa shape index (κ1) is 17.4. The Morgan fingerprint density at radius 3 is 2.89 bits per heavy atom. The predicted octanol–water partition coefficient (Wildman–Crippen LogP) is 2.52. The lowest BCUT2D eigenvalue weighted by Gasteiger charge is -2.24. The molecule has 1 aliphatic rings. The summed E-state index contributed by atoms with van der Waals surface area (Å²) in [4.78, 5) is 12.7. The second kappa shape index (κ2) is 6.62. The SMILES string of the molecule is Cn1nnc(-c2c(F)cc(Cl)cc2-c2ccc3c(c2)OC(C(N)=O)CC3)n1. The van der Waals surface area contributed by atoms with E-state index in [4.69, 9.17) is 22.1 Å². The largest absolute Gasteiger partial charge is 0.480 e. The highest BCUT2D eigenvalue weighted by Crippen LogP contribution is 2.38. The van der Waals surface area contributed by atoms with Gasteiger partial charge in [-0.05, 0) is 52.9 Å². The zero-order valence-electron chi connectivity index (χ0n) is 14.3. The van der Waals surface area contributed by atoms with E-state index in [2.05, 4.69) is 15.4 Å². The number of hydrogen-bond acceptors (Lipinski definition) is 5. The van der Waals surface area contributed by atoms with E-state index in [1.807, 2.05) is 12.1 Å². The maximum atomic E-state index is 14.7. The van der Waals surface area contributed by atoms with Gasteiger partial charge < -0.3 is 10.5 Å². The highest BCUT2D eigenvalue weighted by Gasteiger charge is 2.25. The van der Waals surface area contributed by atoms with Crippen molar-refractivity contribution in [2.75, 3.05) is 0 Å². The lowest BCUT2D eigenvalue weighted by Crippen LogP contribution is -2.36. The summed E-state index contributed by atoms with van der Waals surface area (Å²) >= 11 is 6.08. The topological polar surface area (TPSA) is 95.9 Å². The fourth-order valence-corrected chi connectivity index (χ4v) is 3.36. The number of hydrogen-bond donors (Lipinski definition) is 1. The number of ether oxygens (including phenoxy) is 1. The molecule has 1 unspecified atom stereocenters. The van der Waals surface area contributed by atoms with Crippen LogP contribution in [0.15, 0.2) is 30.3 Å². The number of nitrogens with two attached hydrogens (primary N) is 1. The third-order valence-electron chi connectivity index (χ3n) is 4.43. The highest BCUT2D eigenvalue weighted by molar-refractivity contribution is 6.31. The quantitative estimate of drug-likeness (QED) is 0.745. The molecule has 9 heteroatoms. The van der Waals surface area contributed by atoms with Crippen molar-refractivity contribution in [2.24, 2.45) is 12.8 Å². The van der Waals surface area contributed by atoms with Gasteiger partial charge in [0.15, 0.2) is 6.10 Å². The third-order valence-corrected chi connectivity index (χ3v) is 4.65. The van der Waals surface area contributed by atoms with Crippen LogP contribution in [0.1, 0.15) is 12.0 Å². The van der Waals surface area contributed by atoms with Gasteiger partial charge in [-0.25, -0.2) is 4.39 Å². The van der Waals surface area contributed by atoms with Gasteiger partial charge in [-0.3, -0.25) is 4.79 Å². The van der Waals surface area contributed by atoms with Crippen LogP contribution in [-0.4, -0.2) is 32.2 Å². The van der Waals surface area contributed by atoms with E-state index in [1.54, 1.807) is 19.2 Å². The highest BCUT2D eigenvalue weighted by atomic mass is 35.5. The van der Waals surface area contributed by atoms with Crippen molar-refractivity contribution < 1.29 is 13.9 Å². The molecule has 27 heavy (non-hydrogen) atoms. The van der Waals surface area contributed by atoms with Gasteiger partial charge in [0.1, 0.15) is 11.6 Å². The summed E-state index contributed by atoms with van der Waals surface area (Å²) in [6, 6.07) is 8.31. The summed E-state index contributed by atoms with van der Waals surface area (Å²) in [5, 5.41) is 12.0. The molecule has 7 nitrogen and oxygen atoms in total. The second-order valence-electron chi connectivity index (χ2n) is 6.28. The van der Waals surface area contributed by atoms with Gasteiger partial charge in [-0.2, -0.15) is 4.80 Å². The Morgan fingerprint density at radius 1 is 1.37 bits per heavy atom. The number of benzene rings is 2. The number of aromatic nitrogens is 4. The van der Waals surface area contributed by atoms with Crippen molar-refractivity contribution in [3.8, 4) is 28.3 Å². The smallest absolute Gasteiger partial charge is 0.258 e. The normalized spacial score (nSPS) is 15.9. The Balaban J connectivity index is 1.85. The first-order valence-corrected chi connectivity index (χ1v) is 8.63. The van der Waals surface area contributed by atoms with Crippen LogP contribution in [0.3, 0.4) is 0 Å². The molecule has 0 saturated heterocycles. The van der Waals surface area contributed by atoms with Crippen LogP contribution >= 0.6 is 11.6 Å². The number of fused-ring (bicyclic) bond motifs is 1. The van der Waals surface area contributed by atoms with E-state index >= 15 is 0 Å². The zero-order chi connectivity index (χ0) is 19.1. The van der Waals surface area contributed by atoms with E-state index < -0.39 is 17.8 Å². The minimum Gasteiger partial charge on any atom is -0.480 e. The molecule has 4 rings (SSSR count). The van der Waals surface area contributed by atoms with E-state index in [1.165, 1.54) is 10.9 Å². The number of carbonyl (C=O) groups is 1. The van der Waals surface area contributed by atoms with Crippen molar-refractivity contribution >= 4 is 17.5 Å². The predicted molar refractivity (Wildman–Crippen MR) is 96.6 cm³/mol. The Labute approximate surface area is 158 Å². The molecule has 1 aromatic heterocycles. The van der Waals surface area contributed by atoms with E-state index in [9.17, 15) is 9.18 Å². The maximum Gasteiger partial charge on any atom is 0.258 e. The number of primary amides is 1. The van der Waals surface area contributed by atoms with Gasteiger partial charge in [0.25, 0.3) is 5.91 Å². The summed E-state index contributed by atoms with van der Waals surface area (Å²) in [5.74, 6) is -0.375. The Hall–Kier alpha value is -3.00. The zero-order valence-corrected chi connectivity index (χ0v) is 15.1.